The molecular weight excluding hydrogens is 234 g/mol. The molecule has 0 radical (unpaired) electrons. The smallest absolute Gasteiger partial charge is 0.146 e. The molecule has 0 spiro atoms. The number of hydrogen-bond donors (Lipinski definition) is 1. The normalized spacial score (nSPS) is 9.61. The van der Waals surface area contributed by atoms with E-state index >= 15 is 0 Å². The van der Waals surface area contributed by atoms with Gasteiger partial charge in [0.15, 0.2) is 0 Å². The molecular formula is C13H15NO4. The molecule has 1 aromatic carbocycles. The Hall–Kier alpha value is -2.27. The third kappa shape index (κ3) is 3.11. The van der Waals surface area contributed by atoms with Gasteiger partial charge in [0.05, 0.1) is 12.2 Å². The highest BCUT2D eigenvalue weighted by Crippen LogP contribution is 2.18. The Morgan fingerprint density at radius 2 is 2.11 bits per heavy atom. The zero-order valence-electron chi connectivity index (χ0n) is 10.3. The molecule has 96 valence electrons. The van der Waals surface area contributed by atoms with Crippen LogP contribution in [0.4, 0.5) is 0 Å². The summed E-state index contributed by atoms with van der Waals surface area (Å²) in [7, 11) is 0. The summed E-state index contributed by atoms with van der Waals surface area (Å²) in [5, 5.41) is 10.5. The minimum Gasteiger partial charge on any atom is -0.545 e. The van der Waals surface area contributed by atoms with Crippen molar-refractivity contribution in [2.24, 2.45) is 0 Å². The first-order chi connectivity index (χ1) is 8.16. The van der Waals surface area contributed by atoms with E-state index in [-0.39, 0.29) is 18.3 Å². The number of carboxylic acid groups (broad SMARTS) is 1. The summed E-state index contributed by atoms with van der Waals surface area (Å²) in [6, 6.07) is 8.97. The van der Waals surface area contributed by atoms with Gasteiger partial charge in [-0.05, 0) is 24.6 Å². The Kier molecular flexibility index (Phi) is 4.51. The molecule has 0 saturated carbocycles. The predicted molar refractivity (Wildman–Crippen MR) is 64.5 cm³/mol. The minimum atomic E-state index is -1.25. The van der Waals surface area contributed by atoms with Gasteiger partial charge in [0.2, 0.25) is 0 Å². The molecule has 1 heterocycles. The first-order valence-electron chi connectivity index (χ1n) is 5.14. The molecule has 5 heteroatoms. The van der Waals surface area contributed by atoms with Crippen molar-refractivity contribution in [2.45, 2.75) is 13.5 Å². The average molecular weight is 249 g/mol. The van der Waals surface area contributed by atoms with Crippen molar-refractivity contribution in [3.8, 4) is 5.75 Å². The number of quaternary nitrogens is 1. The maximum Gasteiger partial charge on any atom is 0.146 e. The van der Waals surface area contributed by atoms with Crippen LogP contribution in [0.5, 0.6) is 5.75 Å². The average Bonchev–Trinajstić information content (AvgIpc) is 2.77. The molecule has 0 fully saturated rings. The molecule has 0 bridgehead atoms. The van der Waals surface area contributed by atoms with Crippen LogP contribution in [0.15, 0.2) is 41.0 Å². The van der Waals surface area contributed by atoms with Gasteiger partial charge in [-0.1, -0.05) is 18.2 Å². The fraction of sp³-hybridized carbons (Fsp3) is 0.154. The summed E-state index contributed by atoms with van der Waals surface area (Å²) in [5.41, 5.74) is 1.03. The Bertz CT molecular complexity index is 533. The third-order valence-corrected chi connectivity index (χ3v) is 2.35. The molecule has 0 aliphatic carbocycles. The van der Waals surface area contributed by atoms with Crippen molar-refractivity contribution in [3.63, 3.8) is 0 Å². The molecule has 0 aliphatic rings. The minimum absolute atomic E-state index is 0. The maximum absolute atomic E-state index is 10.5. The van der Waals surface area contributed by atoms with Crippen LogP contribution in [0.3, 0.4) is 0 Å². The van der Waals surface area contributed by atoms with Crippen molar-refractivity contribution in [2.75, 3.05) is 0 Å². The number of benzene rings is 1. The van der Waals surface area contributed by atoms with Crippen LogP contribution in [-0.4, -0.2) is 5.97 Å². The van der Waals surface area contributed by atoms with Gasteiger partial charge in [-0.2, -0.15) is 0 Å². The van der Waals surface area contributed by atoms with Gasteiger partial charge in [-0.25, -0.2) is 0 Å². The van der Waals surface area contributed by atoms with Gasteiger partial charge in [0.1, 0.15) is 18.1 Å². The summed E-state index contributed by atoms with van der Waals surface area (Å²) >= 11 is 0. The van der Waals surface area contributed by atoms with Crippen LogP contribution in [0.1, 0.15) is 21.7 Å². The second kappa shape index (κ2) is 5.88. The van der Waals surface area contributed by atoms with Crippen LogP contribution in [0.25, 0.3) is 0 Å². The summed E-state index contributed by atoms with van der Waals surface area (Å²) in [5.74, 6) is -0.0535. The number of rotatable bonds is 4. The van der Waals surface area contributed by atoms with E-state index in [0.29, 0.717) is 5.76 Å². The summed E-state index contributed by atoms with van der Waals surface area (Å²) in [6.07, 6.45) is 1.14. The number of aryl methyl sites for hydroxylation is 1. The van der Waals surface area contributed by atoms with Gasteiger partial charge >= 0.3 is 0 Å². The lowest BCUT2D eigenvalue weighted by atomic mass is 10.2. The Labute approximate surface area is 105 Å². The number of hydrogen-bond acceptors (Lipinski definition) is 4. The first kappa shape index (κ1) is 13.8. The van der Waals surface area contributed by atoms with Crippen molar-refractivity contribution < 1.29 is 19.1 Å². The van der Waals surface area contributed by atoms with Gasteiger partial charge in [0.25, 0.3) is 0 Å². The van der Waals surface area contributed by atoms with Crippen molar-refractivity contribution in [3.05, 3.63) is 53.5 Å². The number of para-hydroxylation sites is 1. The van der Waals surface area contributed by atoms with Gasteiger partial charge < -0.3 is 25.2 Å². The molecule has 5 nitrogen and oxygen atoms in total. The van der Waals surface area contributed by atoms with Crippen LogP contribution in [0, 0.1) is 6.92 Å². The van der Waals surface area contributed by atoms with Crippen molar-refractivity contribution in [1.29, 1.82) is 0 Å². The van der Waals surface area contributed by atoms with Crippen molar-refractivity contribution >= 4 is 5.97 Å². The molecule has 2 rings (SSSR count). The summed E-state index contributed by atoms with van der Waals surface area (Å²) in [6.45, 7) is 2.13. The predicted octanol–water partition coefficient (Wildman–Crippen LogP) is 1.91. The quantitative estimate of drug-likeness (QED) is 0.894. The molecule has 4 N–H and O–H groups in total. The van der Waals surface area contributed by atoms with Gasteiger partial charge in [-0.3, -0.25) is 0 Å². The molecule has 0 unspecified atom stereocenters. The Balaban J connectivity index is 0.00000162. The summed E-state index contributed by atoms with van der Waals surface area (Å²) < 4.78 is 10.6. The van der Waals surface area contributed by atoms with E-state index in [9.17, 15) is 9.90 Å². The second-order valence-electron chi connectivity index (χ2n) is 3.64. The highest BCUT2D eigenvalue weighted by molar-refractivity contribution is 5.85. The number of carbonyl (C=O) groups excluding carboxylic acids is 1. The van der Waals surface area contributed by atoms with E-state index in [0.717, 1.165) is 17.6 Å². The number of aromatic carboxylic acids is 1. The Morgan fingerprint density at radius 1 is 1.39 bits per heavy atom. The van der Waals surface area contributed by atoms with Crippen LogP contribution in [-0.2, 0) is 6.61 Å². The third-order valence-electron chi connectivity index (χ3n) is 2.35. The molecule has 0 aliphatic heterocycles. The zero-order chi connectivity index (χ0) is 12.3. The fourth-order valence-electron chi connectivity index (χ4n) is 1.43. The molecule has 1 aromatic heterocycles. The van der Waals surface area contributed by atoms with E-state index in [1.165, 1.54) is 6.07 Å². The van der Waals surface area contributed by atoms with Gasteiger partial charge in [-0.15, -0.1) is 0 Å². The molecule has 2 aromatic rings. The second-order valence-corrected chi connectivity index (χ2v) is 3.64. The molecule has 0 amide bonds. The summed E-state index contributed by atoms with van der Waals surface area (Å²) in [4.78, 5) is 10.5. The van der Waals surface area contributed by atoms with E-state index in [4.69, 9.17) is 9.15 Å². The lowest BCUT2D eigenvalue weighted by molar-refractivity contribution is -0.255. The molecule has 0 atom stereocenters. The Morgan fingerprint density at radius 3 is 2.72 bits per heavy atom. The van der Waals surface area contributed by atoms with Crippen LogP contribution < -0.4 is 16.0 Å². The number of ether oxygens (including phenoxy) is 1. The lowest BCUT2D eigenvalue weighted by Gasteiger charge is -2.06. The largest absolute Gasteiger partial charge is 0.545 e. The maximum atomic E-state index is 10.5. The number of carboxylic acids is 1. The number of furan rings is 1. The van der Waals surface area contributed by atoms with E-state index in [1.807, 2.05) is 31.2 Å². The lowest BCUT2D eigenvalue weighted by Crippen LogP contribution is -2.21. The zero-order valence-corrected chi connectivity index (χ0v) is 10.3. The SMILES string of the molecule is Cc1ccccc1OCc1cc(C(=O)[O-])co1.[NH4+]. The standard InChI is InChI=1S/C13H12O4.H3N/c1-9-4-2-3-5-12(9)17-8-11-6-10(7-16-11)13(14)15;/h2-7H,8H2,1H3,(H,14,15);1H3. The monoisotopic (exact) mass is 249 g/mol. The molecule has 0 saturated heterocycles. The van der Waals surface area contributed by atoms with E-state index in [2.05, 4.69) is 0 Å². The fourth-order valence-corrected chi connectivity index (χ4v) is 1.43. The number of carbonyl (C=O) groups is 1. The van der Waals surface area contributed by atoms with Crippen LogP contribution in [0.2, 0.25) is 0 Å². The topological polar surface area (TPSA) is 99.0 Å². The van der Waals surface area contributed by atoms with E-state index in [1.54, 1.807) is 0 Å². The van der Waals surface area contributed by atoms with Crippen LogP contribution >= 0.6 is 0 Å². The first-order valence-corrected chi connectivity index (χ1v) is 5.14. The van der Waals surface area contributed by atoms with Crippen molar-refractivity contribution in [1.82, 2.24) is 6.15 Å². The molecule has 18 heavy (non-hydrogen) atoms. The highest BCUT2D eigenvalue weighted by Gasteiger charge is 2.04. The highest BCUT2D eigenvalue weighted by atomic mass is 16.5. The van der Waals surface area contributed by atoms with Gasteiger partial charge in [0, 0.05) is 5.56 Å². The van der Waals surface area contributed by atoms with E-state index < -0.39 is 5.97 Å².